The predicted octanol–water partition coefficient (Wildman–Crippen LogP) is 4.82. The quantitative estimate of drug-likeness (QED) is 0.783. The lowest BCUT2D eigenvalue weighted by atomic mass is 9.80. The molecule has 0 amide bonds. The van der Waals surface area contributed by atoms with Crippen molar-refractivity contribution in [3.63, 3.8) is 0 Å². The summed E-state index contributed by atoms with van der Waals surface area (Å²) in [5.41, 5.74) is 7.92. The molecule has 4 nitrogen and oxygen atoms in total. The van der Waals surface area contributed by atoms with Crippen molar-refractivity contribution in [1.82, 2.24) is 5.48 Å². The third-order valence-electron chi connectivity index (χ3n) is 6.00. The van der Waals surface area contributed by atoms with E-state index in [-0.39, 0.29) is 11.7 Å². The molecule has 28 heavy (non-hydrogen) atoms. The van der Waals surface area contributed by atoms with Crippen LogP contribution in [0, 0.1) is 0 Å². The second-order valence-electron chi connectivity index (χ2n) is 8.11. The van der Waals surface area contributed by atoms with Gasteiger partial charge in [0.1, 0.15) is 11.7 Å². The minimum absolute atomic E-state index is 0.0964. The Labute approximate surface area is 166 Å². The van der Waals surface area contributed by atoms with Crippen LogP contribution in [0.1, 0.15) is 49.3 Å². The van der Waals surface area contributed by atoms with Crippen LogP contribution < -0.4 is 15.0 Å². The third-order valence-corrected chi connectivity index (χ3v) is 6.00. The maximum atomic E-state index is 6.46. The number of fused-ring (bicyclic) bond motifs is 1. The lowest BCUT2D eigenvalue weighted by molar-refractivity contribution is -0.0821. The molecule has 2 aliphatic carbocycles. The highest BCUT2D eigenvalue weighted by atomic mass is 16.7. The molecule has 0 unspecified atom stereocenters. The highest BCUT2D eigenvalue weighted by molar-refractivity contribution is 5.68. The number of ether oxygens (including phenoxy) is 2. The van der Waals surface area contributed by atoms with Gasteiger partial charge in [0.15, 0.2) is 11.5 Å². The first-order valence-electron chi connectivity index (χ1n) is 10.4. The summed E-state index contributed by atoms with van der Waals surface area (Å²) in [5, 5.41) is 0. The first-order valence-corrected chi connectivity index (χ1v) is 10.4. The molecule has 146 valence electrons. The summed E-state index contributed by atoms with van der Waals surface area (Å²) >= 11 is 0. The van der Waals surface area contributed by atoms with E-state index < -0.39 is 0 Å². The first-order chi connectivity index (χ1) is 13.7. The van der Waals surface area contributed by atoms with E-state index in [9.17, 15) is 0 Å². The summed E-state index contributed by atoms with van der Waals surface area (Å²) in [4.78, 5) is 5.84. The maximum absolute atomic E-state index is 6.46. The first kappa shape index (κ1) is 17.6. The standard InChI is InChI=1S/C24H27NO3/c1-2-12-26-22-9-8-19(21-16-24(28-25-21)10-5-11-24)15-23(22)27-20-13-17-6-3-4-7-18(17)14-20/h3-4,6-9,15-16,20,25H,2,5,10-14H2,1H3. The minimum atomic E-state index is -0.0964. The normalized spacial score (nSPS) is 19.7. The van der Waals surface area contributed by atoms with Crippen molar-refractivity contribution < 1.29 is 14.3 Å². The fourth-order valence-electron chi connectivity index (χ4n) is 4.27. The van der Waals surface area contributed by atoms with Crippen LogP contribution in [-0.4, -0.2) is 18.3 Å². The molecule has 5 rings (SSSR count). The highest BCUT2D eigenvalue weighted by Gasteiger charge is 2.41. The molecule has 1 heterocycles. The zero-order valence-corrected chi connectivity index (χ0v) is 16.4. The van der Waals surface area contributed by atoms with Gasteiger partial charge in [0.05, 0.1) is 12.3 Å². The van der Waals surface area contributed by atoms with Gasteiger partial charge >= 0.3 is 0 Å². The van der Waals surface area contributed by atoms with Gasteiger partial charge in [0.25, 0.3) is 0 Å². The lowest BCUT2D eigenvalue weighted by Gasteiger charge is -2.33. The second-order valence-corrected chi connectivity index (χ2v) is 8.11. The lowest BCUT2D eigenvalue weighted by Crippen LogP contribution is -2.36. The summed E-state index contributed by atoms with van der Waals surface area (Å²) < 4.78 is 12.4. The smallest absolute Gasteiger partial charge is 0.162 e. The van der Waals surface area contributed by atoms with Crippen LogP contribution in [0.15, 0.2) is 48.5 Å². The molecule has 1 aliphatic heterocycles. The minimum Gasteiger partial charge on any atom is -0.490 e. The van der Waals surface area contributed by atoms with Crippen molar-refractivity contribution in [3.05, 3.63) is 65.2 Å². The topological polar surface area (TPSA) is 39.7 Å². The van der Waals surface area contributed by atoms with Gasteiger partial charge in [-0.3, -0.25) is 10.3 Å². The van der Waals surface area contributed by atoms with E-state index in [4.69, 9.17) is 14.3 Å². The van der Waals surface area contributed by atoms with Crippen LogP contribution in [0.5, 0.6) is 11.5 Å². The average molecular weight is 377 g/mol. The monoisotopic (exact) mass is 377 g/mol. The fourth-order valence-corrected chi connectivity index (χ4v) is 4.27. The molecule has 2 aromatic carbocycles. The molecular weight excluding hydrogens is 350 g/mol. The largest absolute Gasteiger partial charge is 0.490 e. The van der Waals surface area contributed by atoms with Crippen LogP contribution in [0.3, 0.4) is 0 Å². The Balaban J connectivity index is 1.39. The molecule has 0 aromatic heterocycles. The van der Waals surface area contributed by atoms with E-state index in [1.54, 1.807) is 0 Å². The molecule has 1 saturated carbocycles. The molecule has 0 bridgehead atoms. The van der Waals surface area contributed by atoms with Gasteiger partial charge in [-0.05, 0) is 61.1 Å². The second kappa shape index (κ2) is 7.17. The van der Waals surface area contributed by atoms with Crippen LogP contribution in [0.4, 0.5) is 0 Å². The van der Waals surface area contributed by atoms with Crippen molar-refractivity contribution in [2.24, 2.45) is 0 Å². The molecule has 1 N–H and O–H groups in total. The molecule has 2 aromatic rings. The SMILES string of the molecule is CCCOc1ccc(C2=CC3(CCC3)ON2)cc1OC1Cc2ccccc2C1. The molecule has 0 saturated heterocycles. The zero-order chi connectivity index (χ0) is 19.0. The zero-order valence-electron chi connectivity index (χ0n) is 16.4. The maximum Gasteiger partial charge on any atom is 0.162 e. The van der Waals surface area contributed by atoms with Gasteiger partial charge in [-0.15, -0.1) is 0 Å². The van der Waals surface area contributed by atoms with Crippen molar-refractivity contribution >= 4 is 5.70 Å². The van der Waals surface area contributed by atoms with Gasteiger partial charge < -0.3 is 9.47 Å². The van der Waals surface area contributed by atoms with Crippen molar-refractivity contribution in [1.29, 1.82) is 0 Å². The molecular formula is C24H27NO3. The average Bonchev–Trinajstić information content (AvgIpc) is 3.31. The number of hydrogen-bond donors (Lipinski definition) is 1. The van der Waals surface area contributed by atoms with Crippen LogP contribution in [-0.2, 0) is 17.7 Å². The van der Waals surface area contributed by atoms with Crippen LogP contribution >= 0.6 is 0 Å². The van der Waals surface area contributed by atoms with Gasteiger partial charge in [-0.1, -0.05) is 31.2 Å². The Morgan fingerprint density at radius 1 is 1.07 bits per heavy atom. The highest BCUT2D eigenvalue weighted by Crippen LogP contribution is 2.42. The summed E-state index contributed by atoms with van der Waals surface area (Å²) in [6.07, 6.45) is 8.65. The summed E-state index contributed by atoms with van der Waals surface area (Å²) in [6.45, 7) is 2.80. The van der Waals surface area contributed by atoms with Gasteiger partial charge in [-0.25, -0.2) is 0 Å². The Kier molecular flexibility index (Phi) is 4.52. The predicted molar refractivity (Wildman–Crippen MR) is 109 cm³/mol. The van der Waals surface area contributed by atoms with Gasteiger partial charge in [0, 0.05) is 18.4 Å². The molecule has 4 heteroatoms. The summed E-state index contributed by atoms with van der Waals surface area (Å²) in [6, 6.07) is 14.8. The Morgan fingerprint density at radius 2 is 1.86 bits per heavy atom. The third kappa shape index (κ3) is 3.26. The van der Waals surface area contributed by atoms with Crippen molar-refractivity contribution in [2.75, 3.05) is 6.61 Å². The fraction of sp³-hybridized carbons (Fsp3) is 0.417. The van der Waals surface area contributed by atoms with Crippen LogP contribution in [0.2, 0.25) is 0 Å². The number of nitrogens with one attached hydrogen (secondary N) is 1. The van der Waals surface area contributed by atoms with E-state index >= 15 is 0 Å². The number of hydrogen-bond acceptors (Lipinski definition) is 4. The summed E-state index contributed by atoms with van der Waals surface area (Å²) in [7, 11) is 0. The van der Waals surface area contributed by atoms with Crippen LogP contribution in [0.25, 0.3) is 5.70 Å². The van der Waals surface area contributed by atoms with E-state index in [0.29, 0.717) is 6.61 Å². The molecule has 0 radical (unpaired) electrons. The summed E-state index contributed by atoms with van der Waals surface area (Å²) in [5.74, 6) is 1.64. The van der Waals surface area contributed by atoms with E-state index in [0.717, 1.165) is 54.9 Å². The van der Waals surface area contributed by atoms with Crippen molar-refractivity contribution in [3.8, 4) is 11.5 Å². The number of rotatable bonds is 6. The van der Waals surface area contributed by atoms with Crippen molar-refractivity contribution in [2.45, 2.75) is 57.2 Å². The van der Waals surface area contributed by atoms with E-state index in [2.05, 4.69) is 54.9 Å². The Hall–Kier alpha value is -2.46. The van der Waals surface area contributed by atoms with E-state index in [1.165, 1.54) is 17.5 Å². The van der Waals surface area contributed by atoms with Gasteiger partial charge in [0.2, 0.25) is 0 Å². The molecule has 1 spiro atoms. The van der Waals surface area contributed by atoms with E-state index in [1.807, 2.05) is 6.07 Å². The molecule has 1 fully saturated rings. The number of benzene rings is 2. The van der Waals surface area contributed by atoms with Gasteiger partial charge in [-0.2, -0.15) is 0 Å². The molecule has 3 aliphatic rings. The number of hydroxylamine groups is 1. The molecule has 0 atom stereocenters. The Morgan fingerprint density at radius 3 is 2.50 bits per heavy atom. The Bertz CT molecular complexity index is 875.